The predicted molar refractivity (Wildman–Crippen MR) is 75.1 cm³/mol. The zero-order valence-electron chi connectivity index (χ0n) is 11.6. The number of hydrogen-bond acceptors (Lipinski definition) is 5. The molecule has 0 saturated heterocycles. The van der Waals surface area contributed by atoms with Crippen LogP contribution in [-0.2, 0) is 0 Å². The fourth-order valence-electron chi connectivity index (χ4n) is 2.40. The molecule has 114 valence electrons. The standard InChI is InChI=1S/C14H18N2O5/c17-9-3-8-15(10-4-1-5-10)14(19)11-6-2-7-12(13(11)18)16(20)21/h2,6-7,10,17-18H,1,3-5,8-9H2. The largest absolute Gasteiger partial charge is 0.502 e. The minimum absolute atomic E-state index is 0.0303. The number of para-hydroxylation sites is 1. The quantitative estimate of drug-likeness (QED) is 0.613. The fourth-order valence-corrected chi connectivity index (χ4v) is 2.40. The summed E-state index contributed by atoms with van der Waals surface area (Å²) >= 11 is 0. The maximum atomic E-state index is 12.5. The summed E-state index contributed by atoms with van der Waals surface area (Å²) < 4.78 is 0. The van der Waals surface area contributed by atoms with Crippen molar-refractivity contribution in [2.75, 3.05) is 13.2 Å². The molecule has 7 heteroatoms. The summed E-state index contributed by atoms with van der Waals surface area (Å²) in [4.78, 5) is 24.3. The third-order valence-corrected chi connectivity index (χ3v) is 3.78. The highest BCUT2D eigenvalue weighted by molar-refractivity contribution is 5.98. The molecule has 2 N–H and O–H groups in total. The van der Waals surface area contributed by atoms with E-state index in [9.17, 15) is 20.0 Å². The molecule has 1 aliphatic carbocycles. The van der Waals surface area contributed by atoms with Gasteiger partial charge >= 0.3 is 5.69 Å². The summed E-state index contributed by atoms with van der Waals surface area (Å²) in [6.45, 7) is 0.347. The van der Waals surface area contributed by atoms with E-state index in [1.807, 2.05) is 0 Å². The molecule has 1 aromatic rings. The van der Waals surface area contributed by atoms with Crippen molar-refractivity contribution in [1.29, 1.82) is 0 Å². The molecular weight excluding hydrogens is 276 g/mol. The van der Waals surface area contributed by atoms with Crippen LogP contribution in [0.15, 0.2) is 18.2 Å². The van der Waals surface area contributed by atoms with E-state index in [4.69, 9.17) is 5.11 Å². The third-order valence-electron chi connectivity index (χ3n) is 3.78. The number of hydrogen-bond donors (Lipinski definition) is 2. The molecule has 0 aliphatic heterocycles. The number of phenols is 1. The van der Waals surface area contributed by atoms with Gasteiger partial charge in [0.1, 0.15) is 0 Å². The second kappa shape index (κ2) is 6.53. The topological polar surface area (TPSA) is 104 Å². The van der Waals surface area contributed by atoms with Gasteiger partial charge in [-0.05, 0) is 31.7 Å². The van der Waals surface area contributed by atoms with E-state index in [1.54, 1.807) is 4.90 Å². The van der Waals surface area contributed by atoms with E-state index < -0.39 is 22.3 Å². The molecule has 0 bridgehead atoms. The Morgan fingerprint density at radius 2 is 2.14 bits per heavy atom. The monoisotopic (exact) mass is 294 g/mol. The van der Waals surface area contributed by atoms with Crippen LogP contribution in [0.25, 0.3) is 0 Å². The van der Waals surface area contributed by atoms with Crippen LogP contribution >= 0.6 is 0 Å². The summed E-state index contributed by atoms with van der Waals surface area (Å²) in [5.41, 5.74) is -0.536. The molecular formula is C14H18N2O5. The molecule has 0 unspecified atom stereocenters. The summed E-state index contributed by atoms with van der Waals surface area (Å²) in [5, 5.41) is 29.7. The van der Waals surface area contributed by atoms with Crippen molar-refractivity contribution in [3.63, 3.8) is 0 Å². The highest BCUT2D eigenvalue weighted by Gasteiger charge is 2.31. The summed E-state index contributed by atoms with van der Waals surface area (Å²) in [5.74, 6) is -1.02. The molecule has 1 aromatic carbocycles. The van der Waals surface area contributed by atoms with Crippen molar-refractivity contribution in [2.45, 2.75) is 31.7 Å². The Balaban J connectivity index is 2.27. The Labute approximate surface area is 122 Å². The molecule has 21 heavy (non-hydrogen) atoms. The first kappa shape index (κ1) is 15.2. The van der Waals surface area contributed by atoms with Crippen LogP contribution in [0, 0.1) is 10.1 Å². The van der Waals surface area contributed by atoms with E-state index in [-0.39, 0.29) is 18.2 Å². The summed E-state index contributed by atoms with van der Waals surface area (Å²) in [6, 6.07) is 4.02. The van der Waals surface area contributed by atoms with Crippen molar-refractivity contribution >= 4 is 11.6 Å². The number of nitro benzene ring substituents is 1. The molecule has 1 saturated carbocycles. The number of nitrogens with zero attached hydrogens (tertiary/aromatic N) is 2. The summed E-state index contributed by atoms with van der Waals surface area (Å²) in [7, 11) is 0. The van der Waals surface area contributed by atoms with Gasteiger partial charge in [0.15, 0.2) is 0 Å². The molecule has 0 radical (unpaired) electrons. The average Bonchev–Trinajstić information content (AvgIpc) is 2.40. The third kappa shape index (κ3) is 3.13. The number of carbonyl (C=O) groups is 1. The molecule has 1 amide bonds. The van der Waals surface area contributed by atoms with Crippen molar-refractivity contribution in [1.82, 2.24) is 4.90 Å². The second-order valence-corrected chi connectivity index (χ2v) is 5.09. The van der Waals surface area contributed by atoms with Gasteiger partial charge in [-0.1, -0.05) is 6.07 Å². The Bertz CT molecular complexity index is 542. The van der Waals surface area contributed by atoms with Crippen LogP contribution in [0.5, 0.6) is 5.75 Å². The molecule has 1 fully saturated rings. The Hall–Kier alpha value is -2.15. The van der Waals surface area contributed by atoms with E-state index >= 15 is 0 Å². The molecule has 0 aromatic heterocycles. The number of aliphatic hydroxyl groups is 1. The zero-order valence-corrected chi connectivity index (χ0v) is 11.6. The predicted octanol–water partition coefficient (Wildman–Crippen LogP) is 1.68. The summed E-state index contributed by atoms with van der Waals surface area (Å²) in [6.07, 6.45) is 3.24. The zero-order chi connectivity index (χ0) is 15.4. The first-order valence-electron chi connectivity index (χ1n) is 6.94. The van der Waals surface area contributed by atoms with Gasteiger partial charge in [0.2, 0.25) is 5.75 Å². The lowest BCUT2D eigenvalue weighted by Crippen LogP contribution is -2.45. The number of nitro groups is 1. The average molecular weight is 294 g/mol. The van der Waals surface area contributed by atoms with Crippen LogP contribution < -0.4 is 0 Å². The maximum absolute atomic E-state index is 12.5. The smallest absolute Gasteiger partial charge is 0.311 e. The minimum atomic E-state index is -0.715. The SMILES string of the molecule is O=C(c1cccc([N+](=O)[O-])c1O)N(CCCO)C1CCC1. The van der Waals surface area contributed by atoms with E-state index in [0.29, 0.717) is 13.0 Å². The van der Waals surface area contributed by atoms with Crippen LogP contribution in [0.3, 0.4) is 0 Å². The molecule has 0 spiro atoms. The van der Waals surface area contributed by atoms with Gasteiger partial charge < -0.3 is 15.1 Å². The van der Waals surface area contributed by atoms with E-state index in [1.165, 1.54) is 12.1 Å². The van der Waals surface area contributed by atoms with Gasteiger partial charge in [0, 0.05) is 25.3 Å². The van der Waals surface area contributed by atoms with Crippen molar-refractivity contribution in [2.24, 2.45) is 0 Å². The molecule has 2 rings (SSSR count). The Morgan fingerprint density at radius 1 is 1.43 bits per heavy atom. The van der Waals surface area contributed by atoms with Crippen LogP contribution in [0.4, 0.5) is 5.69 Å². The molecule has 7 nitrogen and oxygen atoms in total. The molecule has 0 atom stereocenters. The number of amides is 1. The number of aliphatic hydroxyl groups excluding tert-OH is 1. The Kier molecular flexibility index (Phi) is 4.74. The van der Waals surface area contributed by atoms with E-state index in [0.717, 1.165) is 25.3 Å². The number of benzene rings is 1. The van der Waals surface area contributed by atoms with Gasteiger partial charge in [0.25, 0.3) is 5.91 Å². The number of carbonyl (C=O) groups excluding carboxylic acids is 1. The van der Waals surface area contributed by atoms with Gasteiger partial charge in [-0.3, -0.25) is 14.9 Å². The van der Waals surface area contributed by atoms with Crippen LogP contribution in [0.1, 0.15) is 36.0 Å². The minimum Gasteiger partial charge on any atom is -0.502 e. The van der Waals surface area contributed by atoms with Crippen molar-refractivity contribution in [3.05, 3.63) is 33.9 Å². The maximum Gasteiger partial charge on any atom is 0.311 e. The van der Waals surface area contributed by atoms with Gasteiger partial charge in [-0.15, -0.1) is 0 Å². The van der Waals surface area contributed by atoms with Gasteiger partial charge in [-0.2, -0.15) is 0 Å². The molecule has 1 aliphatic rings. The first-order chi connectivity index (χ1) is 10.1. The highest BCUT2D eigenvalue weighted by atomic mass is 16.6. The van der Waals surface area contributed by atoms with Crippen molar-refractivity contribution in [3.8, 4) is 5.75 Å². The van der Waals surface area contributed by atoms with Gasteiger partial charge in [-0.25, -0.2) is 0 Å². The number of phenolic OH excluding ortho intramolecular Hbond substituents is 1. The highest BCUT2D eigenvalue weighted by Crippen LogP contribution is 2.32. The van der Waals surface area contributed by atoms with Crippen LogP contribution in [-0.4, -0.2) is 45.1 Å². The van der Waals surface area contributed by atoms with Crippen molar-refractivity contribution < 1.29 is 19.9 Å². The van der Waals surface area contributed by atoms with Crippen LogP contribution in [0.2, 0.25) is 0 Å². The second-order valence-electron chi connectivity index (χ2n) is 5.09. The first-order valence-corrected chi connectivity index (χ1v) is 6.94. The number of rotatable bonds is 6. The Morgan fingerprint density at radius 3 is 2.67 bits per heavy atom. The molecule has 0 heterocycles. The van der Waals surface area contributed by atoms with E-state index in [2.05, 4.69) is 0 Å². The lowest BCUT2D eigenvalue weighted by Gasteiger charge is -2.37. The normalized spacial score (nSPS) is 14.5. The van der Waals surface area contributed by atoms with Gasteiger partial charge in [0.05, 0.1) is 10.5 Å². The lowest BCUT2D eigenvalue weighted by molar-refractivity contribution is -0.385. The number of aromatic hydroxyl groups is 1. The fraction of sp³-hybridized carbons (Fsp3) is 0.500. The lowest BCUT2D eigenvalue weighted by atomic mass is 9.90.